The Labute approximate surface area is 133 Å². The Morgan fingerprint density at radius 2 is 1.27 bits per heavy atom. The van der Waals surface area contributed by atoms with Crippen LogP contribution in [-0.2, 0) is 9.59 Å². The zero-order valence-electron chi connectivity index (χ0n) is 14.1. The van der Waals surface area contributed by atoms with Gasteiger partial charge >= 0.3 is 0 Å². The van der Waals surface area contributed by atoms with Crippen molar-refractivity contribution < 1.29 is 19.8 Å². The minimum Gasteiger partial charge on any atom is -0.395 e. The molecule has 0 atom stereocenters. The van der Waals surface area contributed by atoms with Crippen molar-refractivity contribution in [3.05, 3.63) is 0 Å². The van der Waals surface area contributed by atoms with Crippen molar-refractivity contribution in [1.82, 2.24) is 14.7 Å². The van der Waals surface area contributed by atoms with Crippen LogP contribution in [0.15, 0.2) is 0 Å². The molecule has 0 saturated carbocycles. The maximum absolute atomic E-state index is 12.0. The van der Waals surface area contributed by atoms with E-state index in [0.717, 1.165) is 0 Å². The fourth-order valence-corrected chi connectivity index (χ4v) is 2.13. The lowest BCUT2D eigenvalue weighted by molar-refractivity contribution is -0.134. The zero-order chi connectivity index (χ0) is 17.0. The lowest BCUT2D eigenvalue weighted by Crippen LogP contribution is -2.43. The van der Waals surface area contributed by atoms with Crippen molar-refractivity contribution >= 4 is 11.8 Å². The van der Waals surface area contributed by atoms with Crippen molar-refractivity contribution in [2.75, 3.05) is 59.5 Å². The highest BCUT2D eigenvalue weighted by Crippen LogP contribution is 1.99. The van der Waals surface area contributed by atoms with Gasteiger partial charge in [-0.1, -0.05) is 13.8 Å². The van der Waals surface area contributed by atoms with Gasteiger partial charge in [0.1, 0.15) is 0 Å². The van der Waals surface area contributed by atoms with Gasteiger partial charge in [-0.25, -0.2) is 0 Å². The predicted molar refractivity (Wildman–Crippen MR) is 85.4 cm³/mol. The van der Waals surface area contributed by atoms with E-state index in [1.165, 1.54) is 0 Å². The van der Waals surface area contributed by atoms with Gasteiger partial charge in [-0.15, -0.1) is 0 Å². The van der Waals surface area contributed by atoms with E-state index in [4.69, 9.17) is 10.2 Å². The van der Waals surface area contributed by atoms with Gasteiger partial charge in [-0.3, -0.25) is 14.5 Å². The topological polar surface area (TPSA) is 84.3 Å². The van der Waals surface area contributed by atoms with Gasteiger partial charge < -0.3 is 20.0 Å². The Morgan fingerprint density at radius 1 is 0.773 bits per heavy atom. The Kier molecular flexibility index (Phi) is 11.7. The van der Waals surface area contributed by atoms with E-state index in [2.05, 4.69) is 0 Å². The molecular formula is C15H31N3O4. The van der Waals surface area contributed by atoms with Crippen LogP contribution < -0.4 is 0 Å². The van der Waals surface area contributed by atoms with Crippen molar-refractivity contribution in [2.24, 2.45) is 0 Å². The van der Waals surface area contributed by atoms with Crippen molar-refractivity contribution in [3.63, 3.8) is 0 Å². The average molecular weight is 317 g/mol. The molecule has 2 amide bonds. The number of carbonyl (C=O) groups excluding carboxylic acids is 2. The molecule has 0 bridgehead atoms. The molecule has 2 N–H and O–H groups in total. The van der Waals surface area contributed by atoms with Gasteiger partial charge in [0.05, 0.1) is 13.2 Å². The van der Waals surface area contributed by atoms with Gasteiger partial charge in [0.15, 0.2) is 0 Å². The summed E-state index contributed by atoms with van der Waals surface area (Å²) in [5, 5.41) is 18.0. The number of hydrogen-bond acceptors (Lipinski definition) is 5. The molecule has 0 rings (SSSR count). The van der Waals surface area contributed by atoms with Crippen LogP contribution in [0.1, 0.15) is 26.7 Å². The van der Waals surface area contributed by atoms with Crippen LogP contribution in [-0.4, -0.2) is 96.3 Å². The quantitative estimate of drug-likeness (QED) is 0.501. The number of rotatable bonds is 12. The van der Waals surface area contributed by atoms with Crippen molar-refractivity contribution in [3.8, 4) is 0 Å². The first-order valence-corrected chi connectivity index (χ1v) is 7.95. The molecule has 0 saturated heterocycles. The third kappa shape index (κ3) is 8.31. The van der Waals surface area contributed by atoms with E-state index in [-0.39, 0.29) is 25.0 Å². The summed E-state index contributed by atoms with van der Waals surface area (Å²) in [7, 11) is 1.74. The fourth-order valence-electron chi connectivity index (χ4n) is 2.13. The summed E-state index contributed by atoms with van der Waals surface area (Å²) < 4.78 is 0. The third-order valence-electron chi connectivity index (χ3n) is 3.61. The molecule has 0 aromatic heterocycles. The smallest absolute Gasteiger partial charge is 0.222 e. The second-order valence-corrected chi connectivity index (χ2v) is 5.19. The molecule has 0 spiro atoms. The van der Waals surface area contributed by atoms with Gasteiger partial charge in [-0.2, -0.15) is 0 Å². The Balaban J connectivity index is 4.45. The Bertz CT molecular complexity index is 320. The number of amides is 2. The van der Waals surface area contributed by atoms with Crippen molar-refractivity contribution in [1.29, 1.82) is 0 Å². The third-order valence-corrected chi connectivity index (χ3v) is 3.61. The molecule has 0 aromatic rings. The van der Waals surface area contributed by atoms with E-state index in [0.29, 0.717) is 52.1 Å². The number of aliphatic hydroxyl groups excluding tert-OH is 2. The molecule has 0 aromatic carbocycles. The van der Waals surface area contributed by atoms with Crippen LogP contribution in [0.4, 0.5) is 0 Å². The molecule has 7 heteroatoms. The maximum atomic E-state index is 12.0. The average Bonchev–Trinajstić information content (AvgIpc) is 2.53. The van der Waals surface area contributed by atoms with Gasteiger partial charge in [0, 0.05) is 59.2 Å². The minimum absolute atomic E-state index is 0.0233. The summed E-state index contributed by atoms with van der Waals surface area (Å²) in [6.45, 7) is 6.76. The Morgan fingerprint density at radius 3 is 1.73 bits per heavy atom. The van der Waals surface area contributed by atoms with Crippen LogP contribution in [0.5, 0.6) is 0 Å². The van der Waals surface area contributed by atoms with Gasteiger partial charge in [-0.05, 0) is 0 Å². The first-order chi connectivity index (χ1) is 10.5. The van der Waals surface area contributed by atoms with Gasteiger partial charge in [0.25, 0.3) is 0 Å². The van der Waals surface area contributed by atoms with Crippen LogP contribution in [0.2, 0.25) is 0 Å². The normalized spacial score (nSPS) is 10.8. The first-order valence-electron chi connectivity index (χ1n) is 7.95. The van der Waals surface area contributed by atoms with Crippen LogP contribution in [0.3, 0.4) is 0 Å². The molecule has 0 unspecified atom stereocenters. The number of hydrogen-bond donors (Lipinski definition) is 2. The molecule has 0 fully saturated rings. The van der Waals surface area contributed by atoms with Crippen molar-refractivity contribution in [2.45, 2.75) is 26.7 Å². The second-order valence-electron chi connectivity index (χ2n) is 5.19. The maximum Gasteiger partial charge on any atom is 0.222 e. The number of aliphatic hydroxyl groups is 2. The molecule has 0 aliphatic rings. The lowest BCUT2D eigenvalue weighted by atomic mass is 10.3. The summed E-state index contributed by atoms with van der Waals surface area (Å²) in [4.78, 5) is 28.8. The van der Waals surface area contributed by atoms with Crippen LogP contribution >= 0.6 is 0 Å². The monoisotopic (exact) mass is 317 g/mol. The molecule has 0 aliphatic carbocycles. The largest absolute Gasteiger partial charge is 0.395 e. The number of nitrogens with zero attached hydrogens (tertiary/aromatic N) is 3. The highest BCUT2D eigenvalue weighted by atomic mass is 16.3. The zero-order valence-corrected chi connectivity index (χ0v) is 14.1. The SMILES string of the molecule is CCC(=O)N(C)CCN(CCN(CCO)CCO)C(=O)CC. The van der Waals surface area contributed by atoms with E-state index >= 15 is 0 Å². The van der Waals surface area contributed by atoms with E-state index in [1.54, 1.807) is 16.8 Å². The summed E-state index contributed by atoms with van der Waals surface area (Å²) in [5.41, 5.74) is 0. The molecule has 7 nitrogen and oxygen atoms in total. The number of carbonyl (C=O) groups is 2. The lowest BCUT2D eigenvalue weighted by Gasteiger charge is -2.28. The molecule has 130 valence electrons. The van der Waals surface area contributed by atoms with Crippen LogP contribution in [0, 0.1) is 0 Å². The molecular weight excluding hydrogens is 286 g/mol. The molecule has 22 heavy (non-hydrogen) atoms. The highest BCUT2D eigenvalue weighted by Gasteiger charge is 2.15. The Hall–Kier alpha value is -1.18. The summed E-state index contributed by atoms with van der Waals surface area (Å²) >= 11 is 0. The molecule has 0 aliphatic heterocycles. The summed E-state index contributed by atoms with van der Waals surface area (Å²) in [6.07, 6.45) is 0.879. The highest BCUT2D eigenvalue weighted by molar-refractivity contribution is 5.76. The summed E-state index contributed by atoms with van der Waals surface area (Å²) in [5.74, 6) is 0.108. The van der Waals surface area contributed by atoms with Gasteiger partial charge in [0.2, 0.25) is 11.8 Å². The molecule has 0 radical (unpaired) electrons. The van der Waals surface area contributed by atoms with Crippen LogP contribution in [0.25, 0.3) is 0 Å². The predicted octanol–water partition coefficient (Wildman–Crippen LogP) is -0.620. The summed E-state index contributed by atoms with van der Waals surface area (Å²) in [6, 6.07) is 0. The standard InChI is InChI=1S/C15H31N3O4/c1-4-14(21)16(3)6-8-18(15(22)5-2)9-7-17(10-12-19)11-13-20/h19-20H,4-13H2,1-3H3. The van der Waals surface area contributed by atoms with E-state index in [9.17, 15) is 9.59 Å². The van der Waals surface area contributed by atoms with E-state index in [1.807, 2.05) is 18.7 Å². The number of likely N-dealkylation sites (N-methyl/N-ethyl adjacent to an activating group) is 1. The minimum atomic E-state index is 0.0233. The second kappa shape index (κ2) is 12.4. The van der Waals surface area contributed by atoms with E-state index < -0.39 is 0 Å². The fraction of sp³-hybridized carbons (Fsp3) is 0.867. The molecule has 0 heterocycles. The first kappa shape index (κ1) is 20.8.